The number of nitrogen functional groups attached to an aromatic ring is 1. The van der Waals surface area contributed by atoms with Crippen LogP contribution >= 0.6 is 0 Å². The van der Waals surface area contributed by atoms with Crippen LogP contribution in [-0.4, -0.2) is 15.9 Å². The van der Waals surface area contributed by atoms with E-state index in [9.17, 15) is 13.6 Å². The molecule has 0 aliphatic rings. The Hall–Kier alpha value is -2.57. The molecule has 0 atom stereocenters. The summed E-state index contributed by atoms with van der Waals surface area (Å²) in [6.45, 7) is 0. The topological polar surface area (TPSA) is 80.9 Å². The fraction of sp³-hybridized carbons (Fsp3) is 0. The number of nitrogens with zero attached hydrogens (tertiary/aromatic N) is 2. The summed E-state index contributed by atoms with van der Waals surface area (Å²) >= 11 is 0. The second-order valence-electron chi connectivity index (χ2n) is 3.37. The van der Waals surface area contributed by atoms with Crippen LogP contribution in [0, 0.1) is 11.6 Å². The lowest BCUT2D eigenvalue weighted by Gasteiger charge is -2.06. The van der Waals surface area contributed by atoms with Gasteiger partial charge in [0.15, 0.2) is 11.5 Å². The molecule has 0 saturated heterocycles. The third-order valence-electron chi connectivity index (χ3n) is 2.12. The van der Waals surface area contributed by atoms with Crippen LogP contribution in [0.4, 0.5) is 20.3 Å². The lowest BCUT2D eigenvalue weighted by Crippen LogP contribution is -2.17. The Morgan fingerprint density at radius 2 is 1.94 bits per heavy atom. The van der Waals surface area contributed by atoms with Gasteiger partial charge in [0.1, 0.15) is 11.6 Å². The summed E-state index contributed by atoms with van der Waals surface area (Å²) in [6, 6.07) is 2.80. The van der Waals surface area contributed by atoms with Crippen molar-refractivity contribution in [2.24, 2.45) is 0 Å². The summed E-state index contributed by atoms with van der Waals surface area (Å²) in [4.78, 5) is 19.1. The van der Waals surface area contributed by atoms with Gasteiger partial charge in [0.05, 0.1) is 5.69 Å². The first-order valence-corrected chi connectivity index (χ1v) is 4.91. The molecule has 92 valence electrons. The molecule has 0 unspecified atom stereocenters. The standard InChI is InChI=1S/C11H8F2N4O/c12-6-1-2-8(7(13)5-6)17-11(18)9-10(14)16-4-3-15-9/h1-5H,(H2,14,16)(H,17,18). The van der Waals surface area contributed by atoms with Crippen LogP contribution in [0.15, 0.2) is 30.6 Å². The number of hydrogen-bond acceptors (Lipinski definition) is 4. The maximum absolute atomic E-state index is 13.3. The first-order chi connectivity index (χ1) is 8.58. The molecule has 0 aliphatic heterocycles. The number of nitrogens with one attached hydrogen (secondary N) is 1. The highest BCUT2D eigenvalue weighted by Gasteiger charge is 2.14. The van der Waals surface area contributed by atoms with Gasteiger partial charge in [-0.05, 0) is 12.1 Å². The fourth-order valence-corrected chi connectivity index (χ4v) is 1.30. The van der Waals surface area contributed by atoms with Crippen molar-refractivity contribution in [1.82, 2.24) is 9.97 Å². The number of carbonyl (C=O) groups excluding carboxylic acids is 1. The van der Waals surface area contributed by atoms with E-state index in [2.05, 4.69) is 15.3 Å². The number of hydrogen-bond donors (Lipinski definition) is 2. The Balaban J connectivity index is 2.24. The van der Waals surface area contributed by atoms with Crippen LogP contribution in [0.1, 0.15) is 10.5 Å². The lowest BCUT2D eigenvalue weighted by atomic mass is 10.3. The Labute approximate surface area is 101 Å². The first kappa shape index (κ1) is 11.9. The summed E-state index contributed by atoms with van der Waals surface area (Å²) in [5, 5.41) is 2.23. The number of halogens is 2. The van der Waals surface area contributed by atoms with Crippen molar-refractivity contribution in [3.05, 3.63) is 47.9 Å². The summed E-state index contributed by atoms with van der Waals surface area (Å²) in [5.41, 5.74) is 5.16. The quantitative estimate of drug-likeness (QED) is 0.848. The minimum absolute atomic E-state index is 0.0717. The fourth-order valence-electron chi connectivity index (χ4n) is 1.30. The van der Waals surface area contributed by atoms with Crippen LogP contribution in [0.25, 0.3) is 0 Å². The zero-order chi connectivity index (χ0) is 13.1. The highest BCUT2D eigenvalue weighted by atomic mass is 19.1. The van der Waals surface area contributed by atoms with Crippen molar-refractivity contribution in [2.75, 3.05) is 11.1 Å². The van der Waals surface area contributed by atoms with Gasteiger partial charge in [0.2, 0.25) is 0 Å². The lowest BCUT2D eigenvalue weighted by molar-refractivity contribution is 0.102. The number of benzene rings is 1. The Morgan fingerprint density at radius 3 is 2.61 bits per heavy atom. The van der Waals surface area contributed by atoms with Crippen LogP contribution in [0.5, 0.6) is 0 Å². The van der Waals surface area contributed by atoms with Gasteiger partial charge in [-0.15, -0.1) is 0 Å². The number of rotatable bonds is 2. The highest BCUT2D eigenvalue weighted by molar-refractivity contribution is 6.05. The minimum Gasteiger partial charge on any atom is -0.382 e. The SMILES string of the molecule is Nc1nccnc1C(=O)Nc1ccc(F)cc1F. The van der Waals surface area contributed by atoms with Gasteiger partial charge in [0.25, 0.3) is 5.91 Å². The van der Waals surface area contributed by atoms with Crippen molar-refractivity contribution in [1.29, 1.82) is 0 Å². The number of carbonyl (C=O) groups is 1. The van der Waals surface area contributed by atoms with E-state index >= 15 is 0 Å². The van der Waals surface area contributed by atoms with E-state index in [-0.39, 0.29) is 17.2 Å². The van der Waals surface area contributed by atoms with Crippen molar-refractivity contribution >= 4 is 17.4 Å². The molecule has 0 bridgehead atoms. The number of amides is 1. The molecular weight excluding hydrogens is 242 g/mol. The predicted molar refractivity (Wildman–Crippen MR) is 60.8 cm³/mol. The van der Waals surface area contributed by atoms with Crippen molar-refractivity contribution in [3.8, 4) is 0 Å². The van der Waals surface area contributed by atoms with Crippen LogP contribution in [-0.2, 0) is 0 Å². The summed E-state index contributed by atoms with van der Waals surface area (Å²) in [7, 11) is 0. The molecule has 2 rings (SSSR count). The Bertz CT molecular complexity index is 603. The molecule has 7 heteroatoms. The predicted octanol–water partition coefficient (Wildman–Crippen LogP) is 1.59. The van der Waals surface area contributed by atoms with Crippen molar-refractivity contribution in [3.63, 3.8) is 0 Å². The van der Waals surface area contributed by atoms with E-state index in [1.54, 1.807) is 0 Å². The van der Waals surface area contributed by atoms with Gasteiger partial charge >= 0.3 is 0 Å². The molecule has 1 aromatic heterocycles. The Morgan fingerprint density at radius 1 is 1.22 bits per heavy atom. The average molecular weight is 250 g/mol. The first-order valence-electron chi connectivity index (χ1n) is 4.91. The van der Waals surface area contributed by atoms with E-state index in [1.165, 1.54) is 12.4 Å². The average Bonchev–Trinajstić information content (AvgIpc) is 2.33. The molecule has 0 aliphatic carbocycles. The molecule has 2 aromatic rings. The second kappa shape index (κ2) is 4.74. The monoisotopic (exact) mass is 250 g/mol. The molecule has 1 amide bonds. The molecule has 1 aromatic carbocycles. The largest absolute Gasteiger partial charge is 0.382 e. The van der Waals surface area contributed by atoms with Gasteiger partial charge in [-0.3, -0.25) is 4.79 Å². The minimum atomic E-state index is -0.884. The molecule has 1 heterocycles. The molecule has 18 heavy (non-hydrogen) atoms. The maximum atomic E-state index is 13.3. The summed E-state index contributed by atoms with van der Waals surface area (Å²) in [5.74, 6) is -2.40. The number of aromatic nitrogens is 2. The maximum Gasteiger partial charge on any atom is 0.278 e. The summed E-state index contributed by atoms with van der Waals surface area (Å²) in [6.07, 6.45) is 2.61. The van der Waals surface area contributed by atoms with Crippen molar-refractivity contribution in [2.45, 2.75) is 0 Å². The van der Waals surface area contributed by atoms with Gasteiger partial charge in [0, 0.05) is 18.5 Å². The Kier molecular flexibility index (Phi) is 3.13. The molecule has 0 saturated carbocycles. The molecule has 0 radical (unpaired) electrons. The van der Waals surface area contributed by atoms with Gasteiger partial charge in [-0.25, -0.2) is 18.7 Å². The zero-order valence-electron chi connectivity index (χ0n) is 9.02. The van der Waals surface area contributed by atoms with E-state index in [0.29, 0.717) is 6.07 Å². The highest BCUT2D eigenvalue weighted by Crippen LogP contribution is 2.16. The zero-order valence-corrected chi connectivity index (χ0v) is 9.02. The third-order valence-corrected chi connectivity index (χ3v) is 2.12. The van der Waals surface area contributed by atoms with E-state index in [4.69, 9.17) is 5.73 Å². The third kappa shape index (κ3) is 2.40. The van der Waals surface area contributed by atoms with E-state index in [1.807, 2.05) is 0 Å². The molecular formula is C11H8F2N4O. The van der Waals surface area contributed by atoms with E-state index in [0.717, 1.165) is 12.1 Å². The normalized spacial score (nSPS) is 10.1. The smallest absolute Gasteiger partial charge is 0.278 e. The van der Waals surface area contributed by atoms with Crippen LogP contribution < -0.4 is 11.1 Å². The molecule has 5 nitrogen and oxygen atoms in total. The number of nitrogens with two attached hydrogens (primary N) is 1. The van der Waals surface area contributed by atoms with Gasteiger partial charge in [-0.1, -0.05) is 0 Å². The number of anilines is 2. The second-order valence-corrected chi connectivity index (χ2v) is 3.37. The molecule has 3 N–H and O–H groups in total. The van der Waals surface area contributed by atoms with Gasteiger partial charge < -0.3 is 11.1 Å². The van der Waals surface area contributed by atoms with Gasteiger partial charge in [-0.2, -0.15) is 0 Å². The summed E-state index contributed by atoms with van der Waals surface area (Å²) < 4.78 is 26.0. The molecule has 0 spiro atoms. The van der Waals surface area contributed by atoms with E-state index < -0.39 is 17.5 Å². The van der Waals surface area contributed by atoms with Crippen LogP contribution in [0.2, 0.25) is 0 Å². The van der Waals surface area contributed by atoms with Crippen molar-refractivity contribution < 1.29 is 13.6 Å². The molecule has 0 fully saturated rings. The van der Waals surface area contributed by atoms with Crippen LogP contribution in [0.3, 0.4) is 0 Å².